The van der Waals surface area contributed by atoms with Crippen molar-refractivity contribution in [3.63, 3.8) is 0 Å². The molecular weight excluding hydrogens is 455 g/mol. The van der Waals surface area contributed by atoms with E-state index in [1.165, 1.54) is 30.3 Å². The highest BCUT2D eigenvalue weighted by Gasteiger charge is 2.16. The van der Waals surface area contributed by atoms with E-state index in [1.807, 2.05) is 31.2 Å². The van der Waals surface area contributed by atoms with Gasteiger partial charge in [0.15, 0.2) is 0 Å². The third-order valence-corrected chi connectivity index (χ3v) is 6.61. The van der Waals surface area contributed by atoms with Gasteiger partial charge in [-0.3, -0.25) is 9.52 Å². The molecule has 5 nitrogen and oxygen atoms in total. The average molecular weight is 477 g/mol. The molecule has 0 spiro atoms. The van der Waals surface area contributed by atoms with Crippen molar-refractivity contribution in [3.05, 3.63) is 93.5 Å². The minimum absolute atomic E-state index is 0.140. The second-order valence-electron chi connectivity index (χ2n) is 7.10. The van der Waals surface area contributed by atoms with Gasteiger partial charge in [-0.05, 0) is 67.8 Å². The van der Waals surface area contributed by atoms with Crippen LogP contribution in [0.25, 0.3) is 0 Å². The minimum atomic E-state index is -3.77. The molecule has 0 unspecified atom stereocenters. The maximum absolute atomic E-state index is 12.6. The van der Waals surface area contributed by atoms with Crippen molar-refractivity contribution in [1.29, 1.82) is 0 Å². The van der Waals surface area contributed by atoms with Crippen LogP contribution in [0.5, 0.6) is 0 Å². The van der Waals surface area contributed by atoms with Crippen molar-refractivity contribution in [1.82, 2.24) is 5.32 Å². The first-order valence-electron chi connectivity index (χ1n) is 9.66. The lowest BCUT2D eigenvalue weighted by atomic mass is 10.1. The molecule has 0 fully saturated rings. The predicted molar refractivity (Wildman–Crippen MR) is 126 cm³/mol. The molecule has 0 aromatic heterocycles. The summed E-state index contributed by atoms with van der Waals surface area (Å²) >= 11 is 12.0. The van der Waals surface area contributed by atoms with Gasteiger partial charge in [-0.1, -0.05) is 53.0 Å². The summed E-state index contributed by atoms with van der Waals surface area (Å²) in [6.45, 7) is 2.33. The quantitative estimate of drug-likeness (QED) is 0.423. The van der Waals surface area contributed by atoms with Gasteiger partial charge in [-0.25, -0.2) is 8.42 Å². The summed E-state index contributed by atoms with van der Waals surface area (Å²) in [6, 6.07) is 18.5. The Kier molecular flexibility index (Phi) is 7.59. The van der Waals surface area contributed by atoms with E-state index in [0.29, 0.717) is 11.6 Å². The molecule has 162 valence electrons. The van der Waals surface area contributed by atoms with Crippen LogP contribution in [0, 0.1) is 6.92 Å². The van der Waals surface area contributed by atoms with Crippen molar-refractivity contribution in [2.45, 2.75) is 24.7 Å². The molecule has 2 N–H and O–H groups in total. The Hall–Kier alpha value is -2.54. The third-order valence-electron chi connectivity index (χ3n) is 4.64. The number of amides is 1. The van der Waals surface area contributed by atoms with Crippen LogP contribution in [0.4, 0.5) is 5.69 Å². The molecule has 3 rings (SSSR count). The number of carbonyl (C=O) groups excluding carboxylic acids is 1. The van der Waals surface area contributed by atoms with Crippen LogP contribution in [0.3, 0.4) is 0 Å². The van der Waals surface area contributed by atoms with Crippen LogP contribution in [0.1, 0.15) is 27.9 Å². The molecule has 0 bridgehead atoms. The van der Waals surface area contributed by atoms with E-state index in [9.17, 15) is 13.2 Å². The summed E-state index contributed by atoms with van der Waals surface area (Å²) in [6.07, 6.45) is 1.53. The number of aryl methyl sites for hydroxylation is 2. The van der Waals surface area contributed by atoms with Crippen molar-refractivity contribution in [2.24, 2.45) is 0 Å². The van der Waals surface area contributed by atoms with Crippen molar-refractivity contribution < 1.29 is 13.2 Å². The van der Waals surface area contributed by atoms with Crippen molar-refractivity contribution in [3.8, 4) is 0 Å². The Morgan fingerprint density at radius 3 is 2.29 bits per heavy atom. The SMILES string of the molecule is Cc1ccc(S(=O)(=O)Nc2ccc(Cl)c(C(=O)NCCCc3ccc(Cl)cc3)c2)cc1. The van der Waals surface area contributed by atoms with Gasteiger partial charge < -0.3 is 5.32 Å². The Balaban J connectivity index is 1.62. The molecule has 1 amide bonds. The highest BCUT2D eigenvalue weighted by Crippen LogP contribution is 2.23. The Morgan fingerprint density at radius 2 is 1.61 bits per heavy atom. The summed E-state index contributed by atoms with van der Waals surface area (Å²) < 4.78 is 27.7. The van der Waals surface area contributed by atoms with E-state index < -0.39 is 10.0 Å². The molecule has 0 saturated heterocycles. The summed E-state index contributed by atoms with van der Waals surface area (Å²) in [5.41, 5.74) is 2.55. The van der Waals surface area contributed by atoms with Gasteiger partial charge in [0, 0.05) is 17.3 Å². The first kappa shape index (κ1) is 23.1. The van der Waals surface area contributed by atoms with E-state index >= 15 is 0 Å². The van der Waals surface area contributed by atoms with Crippen LogP contribution in [-0.4, -0.2) is 20.9 Å². The van der Waals surface area contributed by atoms with Gasteiger partial charge >= 0.3 is 0 Å². The number of sulfonamides is 1. The predicted octanol–water partition coefficient (Wildman–Crippen LogP) is 5.47. The maximum atomic E-state index is 12.6. The zero-order valence-corrected chi connectivity index (χ0v) is 19.2. The first-order valence-corrected chi connectivity index (χ1v) is 11.9. The fourth-order valence-electron chi connectivity index (χ4n) is 2.93. The normalized spacial score (nSPS) is 11.2. The monoisotopic (exact) mass is 476 g/mol. The number of benzene rings is 3. The Labute approximate surface area is 192 Å². The summed E-state index contributed by atoms with van der Waals surface area (Å²) in [4.78, 5) is 12.7. The van der Waals surface area contributed by atoms with Crippen molar-refractivity contribution >= 4 is 44.8 Å². The molecule has 0 aliphatic heterocycles. The Bertz CT molecular complexity index is 1160. The average Bonchev–Trinajstić information content (AvgIpc) is 2.74. The van der Waals surface area contributed by atoms with Gasteiger partial charge in [-0.15, -0.1) is 0 Å². The fourth-order valence-corrected chi connectivity index (χ4v) is 4.31. The number of nitrogens with one attached hydrogen (secondary N) is 2. The second-order valence-corrected chi connectivity index (χ2v) is 9.63. The van der Waals surface area contributed by atoms with E-state index in [-0.39, 0.29) is 27.1 Å². The van der Waals surface area contributed by atoms with E-state index in [1.54, 1.807) is 12.1 Å². The number of halogens is 2. The lowest BCUT2D eigenvalue weighted by molar-refractivity contribution is 0.0953. The van der Waals surface area contributed by atoms with Crippen LogP contribution >= 0.6 is 23.2 Å². The first-order chi connectivity index (χ1) is 14.7. The van der Waals surface area contributed by atoms with Crippen LogP contribution in [-0.2, 0) is 16.4 Å². The molecule has 3 aromatic rings. The molecule has 3 aromatic carbocycles. The number of anilines is 1. The summed E-state index contributed by atoms with van der Waals surface area (Å²) in [5.74, 6) is -0.363. The highest BCUT2D eigenvalue weighted by atomic mass is 35.5. The highest BCUT2D eigenvalue weighted by molar-refractivity contribution is 7.92. The molecule has 0 aliphatic rings. The lowest BCUT2D eigenvalue weighted by Gasteiger charge is -2.11. The second kappa shape index (κ2) is 10.2. The molecule has 0 aliphatic carbocycles. The molecule has 0 radical (unpaired) electrons. The Morgan fingerprint density at radius 1 is 0.935 bits per heavy atom. The zero-order chi connectivity index (χ0) is 22.4. The molecule has 0 heterocycles. The van der Waals surface area contributed by atoms with Gasteiger partial charge in [0.2, 0.25) is 0 Å². The van der Waals surface area contributed by atoms with E-state index in [2.05, 4.69) is 10.0 Å². The van der Waals surface area contributed by atoms with E-state index in [4.69, 9.17) is 23.2 Å². The van der Waals surface area contributed by atoms with Crippen molar-refractivity contribution in [2.75, 3.05) is 11.3 Å². The maximum Gasteiger partial charge on any atom is 0.261 e. The van der Waals surface area contributed by atoms with Gasteiger partial charge in [-0.2, -0.15) is 0 Å². The summed E-state index contributed by atoms with van der Waals surface area (Å²) in [7, 11) is -3.77. The summed E-state index contributed by atoms with van der Waals surface area (Å²) in [5, 5.41) is 3.75. The number of rotatable bonds is 8. The van der Waals surface area contributed by atoms with Gasteiger partial charge in [0.25, 0.3) is 15.9 Å². The molecule has 0 atom stereocenters. The third kappa shape index (κ3) is 6.47. The fraction of sp³-hybridized carbons (Fsp3) is 0.174. The number of carbonyl (C=O) groups is 1. The topological polar surface area (TPSA) is 75.3 Å². The largest absolute Gasteiger partial charge is 0.352 e. The van der Waals surface area contributed by atoms with Crippen LogP contribution < -0.4 is 10.0 Å². The minimum Gasteiger partial charge on any atom is -0.352 e. The smallest absolute Gasteiger partial charge is 0.261 e. The molecule has 31 heavy (non-hydrogen) atoms. The van der Waals surface area contributed by atoms with Crippen LogP contribution in [0.2, 0.25) is 10.0 Å². The van der Waals surface area contributed by atoms with E-state index in [0.717, 1.165) is 24.0 Å². The molecular formula is C23H22Cl2N2O3S. The number of hydrogen-bond donors (Lipinski definition) is 2. The molecule has 8 heteroatoms. The zero-order valence-electron chi connectivity index (χ0n) is 16.9. The molecule has 0 saturated carbocycles. The standard InChI is InChI=1S/C23H22Cl2N2O3S/c1-16-4-11-20(12-5-16)31(29,30)27-19-10-13-22(25)21(15-19)23(28)26-14-2-3-17-6-8-18(24)9-7-17/h4-13,15,27H,2-3,14H2,1H3,(H,26,28). The van der Waals surface area contributed by atoms with Gasteiger partial charge in [0.1, 0.15) is 0 Å². The van der Waals surface area contributed by atoms with Crippen LogP contribution in [0.15, 0.2) is 71.6 Å². The lowest BCUT2D eigenvalue weighted by Crippen LogP contribution is -2.25. The van der Waals surface area contributed by atoms with Gasteiger partial charge in [0.05, 0.1) is 15.5 Å². The number of hydrogen-bond acceptors (Lipinski definition) is 3.